The molecule has 2 N–H and O–H groups in total. The molecule has 0 unspecified atom stereocenters. The summed E-state index contributed by atoms with van der Waals surface area (Å²) in [6.45, 7) is 3.95. The van der Waals surface area contributed by atoms with Crippen LogP contribution in [0, 0.1) is 0 Å². The molecule has 0 atom stereocenters. The van der Waals surface area contributed by atoms with Crippen LogP contribution in [-0.2, 0) is 4.79 Å². The van der Waals surface area contributed by atoms with Crippen LogP contribution in [-0.4, -0.2) is 35.0 Å². The van der Waals surface area contributed by atoms with Gasteiger partial charge in [0.25, 0.3) is 5.91 Å². The van der Waals surface area contributed by atoms with Crippen molar-refractivity contribution in [3.8, 4) is 11.5 Å². The zero-order valence-electron chi connectivity index (χ0n) is 16.7. The largest absolute Gasteiger partial charge is 0.493 e. The maximum Gasteiger partial charge on any atom is 0.338 e. The quantitative estimate of drug-likeness (QED) is 0.291. The number of hydrogen-bond acceptors (Lipinski definition) is 6. The van der Waals surface area contributed by atoms with Crippen LogP contribution in [0.2, 0.25) is 10.0 Å². The van der Waals surface area contributed by atoms with Crippen LogP contribution in [0.25, 0.3) is 6.08 Å². The number of urea groups is 1. The maximum absolute atomic E-state index is 12.8. The second-order valence-electron chi connectivity index (χ2n) is 6.22. The van der Waals surface area contributed by atoms with Gasteiger partial charge in [-0.15, -0.1) is 0 Å². The van der Waals surface area contributed by atoms with Crippen LogP contribution < -0.4 is 20.2 Å². The number of anilines is 1. The monoisotopic (exact) mass is 509 g/mol. The SMILES string of the molecule is C=CCOc1ccc(/C=C2/SC(=S)N(NC(=O)Nc3ccc(Cl)c(Cl)c3)C2=O)cc1OC. The van der Waals surface area contributed by atoms with Gasteiger partial charge in [-0.25, -0.2) is 10.2 Å². The number of thiocarbonyl (C=S) groups is 1. The number of carbonyl (C=O) groups excluding carboxylic acids is 2. The summed E-state index contributed by atoms with van der Waals surface area (Å²) in [6.07, 6.45) is 3.28. The molecule has 1 aliphatic rings. The number of hydrazine groups is 1. The fourth-order valence-corrected chi connectivity index (χ4v) is 4.07. The van der Waals surface area contributed by atoms with Crippen LogP contribution in [0.4, 0.5) is 10.5 Å². The van der Waals surface area contributed by atoms with E-state index < -0.39 is 11.9 Å². The first-order valence-electron chi connectivity index (χ1n) is 9.04. The first kappa shape index (κ1) is 23.9. The first-order valence-corrected chi connectivity index (χ1v) is 11.0. The number of methoxy groups -OCH3 is 1. The molecule has 1 saturated heterocycles. The van der Waals surface area contributed by atoms with Crippen molar-refractivity contribution in [1.29, 1.82) is 0 Å². The molecule has 0 saturated carbocycles. The van der Waals surface area contributed by atoms with Crippen molar-refractivity contribution in [3.63, 3.8) is 0 Å². The van der Waals surface area contributed by atoms with E-state index >= 15 is 0 Å². The highest BCUT2D eigenvalue weighted by Gasteiger charge is 2.33. The molecule has 7 nitrogen and oxygen atoms in total. The van der Waals surface area contributed by atoms with E-state index in [1.165, 1.54) is 13.2 Å². The number of ether oxygens (including phenoxy) is 2. The summed E-state index contributed by atoms with van der Waals surface area (Å²) in [4.78, 5) is 25.4. The van der Waals surface area contributed by atoms with Crippen molar-refractivity contribution in [3.05, 3.63) is 69.6 Å². The molecular weight excluding hydrogens is 493 g/mol. The molecule has 1 fully saturated rings. The van der Waals surface area contributed by atoms with Crippen molar-refractivity contribution in [1.82, 2.24) is 10.4 Å². The molecule has 3 rings (SSSR count). The Balaban J connectivity index is 1.71. The number of nitrogens with zero attached hydrogens (tertiary/aromatic N) is 1. The van der Waals surface area contributed by atoms with Crippen molar-refractivity contribution in [2.24, 2.45) is 0 Å². The smallest absolute Gasteiger partial charge is 0.338 e. The minimum absolute atomic E-state index is 0.184. The van der Waals surface area contributed by atoms with E-state index in [0.29, 0.717) is 39.3 Å². The molecule has 0 radical (unpaired) electrons. The second kappa shape index (κ2) is 10.7. The Hall–Kier alpha value is -2.72. The van der Waals surface area contributed by atoms with Gasteiger partial charge in [0.2, 0.25) is 0 Å². The molecule has 0 spiro atoms. The van der Waals surface area contributed by atoms with Crippen LogP contribution in [0.15, 0.2) is 54.0 Å². The van der Waals surface area contributed by atoms with Crippen molar-refractivity contribution in [2.75, 3.05) is 19.0 Å². The minimum atomic E-state index is -0.661. The summed E-state index contributed by atoms with van der Waals surface area (Å²) in [5, 5.41) is 4.21. The van der Waals surface area contributed by atoms with Crippen LogP contribution in [0.5, 0.6) is 11.5 Å². The summed E-state index contributed by atoms with van der Waals surface area (Å²) in [7, 11) is 1.52. The average molecular weight is 510 g/mol. The van der Waals surface area contributed by atoms with Crippen molar-refractivity contribution in [2.45, 2.75) is 0 Å². The lowest BCUT2D eigenvalue weighted by Crippen LogP contribution is -2.46. The predicted molar refractivity (Wildman–Crippen MR) is 132 cm³/mol. The van der Waals surface area contributed by atoms with Gasteiger partial charge in [-0.05, 0) is 54.2 Å². The van der Waals surface area contributed by atoms with Gasteiger partial charge in [0.1, 0.15) is 6.61 Å². The summed E-state index contributed by atoms with van der Waals surface area (Å²) in [5.41, 5.74) is 3.54. The Morgan fingerprint density at radius 1 is 1.22 bits per heavy atom. The highest BCUT2D eigenvalue weighted by molar-refractivity contribution is 8.26. The van der Waals surface area contributed by atoms with Gasteiger partial charge in [-0.2, -0.15) is 5.01 Å². The lowest BCUT2D eigenvalue weighted by molar-refractivity contribution is -0.123. The zero-order chi connectivity index (χ0) is 23.3. The Morgan fingerprint density at radius 2 is 2.00 bits per heavy atom. The molecule has 3 amide bonds. The highest BCUT2D eigenvalue weighted by atomic mass is 35.5. The third-order valence-electron chi connectivity index (χ3n) is 4.03. The van der Waals surface area contributed by atoms with E-state index in [1.807, 2.05) is 0 Å². The molecular formula is C21H17Cl2N3O4S2. The number of thioether (sulfide) groups is 1. The zero-order valence-corrected chi connectivity index (χ0v) is 19.8. The molecule has 0 aromatic heterocycles. The van der Waals surface area contributed by atoms with Crippen LogP contribution in [0.1, 0.15) is 5.56 Å². The fraction of sp³-hybridized carbons (Fsp3) is 0.0952. The molecule has 0 bridgehead atoms. The van der Waals surface area contributed by atoms with Gasteiger partial charge >= 0.3 is 6.03 Å². The molecule has 1 heterocycles. The summed E-state index contributed by atoms with van der Waals surface area (Å²) < 4.78 is 11.1. The van der Waals surface area contributed by atoms with Gasteiger partial charge in [0.15, 0.2) is 15.8 Å². The van der Waals surface area contributed by atoms with E-state index in [0.717, 1.165) is 16.8 Å². The number of carbonyl (C=O) groups is 2. The molecule has 1 aliphatic heterocycles. The van der Waals surface area contributed by atoms with E-state index in [-0.39, 0.29) is 9.34 Å². The molecule has 0 aliphatic carbocycles. The number of rotatable bonds is 7. The standard InChI is InChI=1S/C21H17Cl2N3O4S2/c1-3-8-30-16-7-4-12(9-17(16)29-2)10-18-19(27)26(21(31)32-18)25-20(28)24-13-5-6-14(22)15(23)11-13/h3-7,9-11H,1,8H2,2H3,(H2,24,25,28)/b18-10+. The summed E-state index contributed by atoms with van der Waals surface area (Å²) in [6, 6.07) is 9.19. The fourth-order valence-electron chi connectivity index (χ4n) is 2.59. The third kappa shape index (κ3) is 5.74. The van der Waals surface area contributed by atoms with E-state index in [4.69, 9.17) is 44.9 Å². The van der Waals surface area contributed by atoms with E-state index in [2.05, 4.69) is 17.3 Å². The highest BCUT2D eigenvalue weighted by Crippen LogP contribution is 2.34. The Morgan fingerprint density at radius 3 is 2.69 bits per heavy atom. The summed E-state index contributed by atoms with van der Waals surface area (Å²) in [5.74, 6) is 0.600. The normalized spacial score (nSPS) is 14.5. The Kier molecular flexibility index (Phi) is 8.03. The molecule has 32 heavy (non-hydrogen) atoms. The van der Waals surface area contributed by atoms with Crippen molar-refractivity contribution >= 4 is 75.2 Å². The van der Waals surface area contributed by atoms with E-state index in [1.54, 1.807) is 42.5 Å². The molecule has 166 valence electrons. The number of hydrogen-bond donors (Lipinski definition) is 2. The average Bonchev–Trinajstić information content (AvgIpc) is 3.02. The third-order valence-corrected chi connectivity index (χ3v) is 6.07. The van der Waals surface area contributed by atoms with Crippen LogP contribution in [0.3, 0.4) is 0 Å². The molecule has 2 aromatic rings. The minimum Gasteiger partial charge on any atom is -0.493 e. The van der Waals surface area contributed by atoms with E-state index in [9.17, 15) is 9.59 Å². The topological polar surface area (TPSA) is 79.9 Å². The lowest BCUT2D eigenvalue weighted by atomic mass is 10.2. The van der Waals surface area contributed by atoms with Gasteiger partial charge < -0.3 is 14.8 Å². The number of amides is 3. The number of halogens is 2. The van der Waals surface area contributed by atoms with Gasteiger partial charge in [-0.3, -0.25) is 4.79 Å². The second-order valence-corrected chi connectivity index (χ2v) is 8.71. The number of nitrogens with one attached hydrogen (secondary N) is 2. The Labute approximate surface area is 204 Å². The van der Waals surface area contributed by atoms with Crippen molar-refractivity contribution < 1.29 is 19.1 Å². The first-order chi connectivity index (χ1) is 15.3. The molecule has 2 aromatic carbocycles. The summed E-state index contributed by atoms with van der Waals surface area (Å²) >= 11 is 18.1. The Bertz CT molecular complexity index is 1120. The number of benzene rings is 2. The molecule has 11 heteroatoms. The predicted octanol–water partition coefficient (Wildman–Crippen LogP) is 5.50. The maximum atomic E-state index is 12.8. The van der Waals surface area contributed by atoms with Gasteiger partial charge in [0, 0.05) is 5.69 Å². The van der Waals surface area contributed by atoms with Crippen LogP contribution >= 0.6 is 47.2 Å². The van der Waals surface area contributed by atoms with Gasteiger partial charge in [0.05, 0.1) is 22.1 Å². The van der Waals surface area contributed by atoms with Gasteiger partial charge in [-0.1, -0.05) is 53.7 Å². The lowest BCUT2D eigenvalue weighted by Gasteiger charge is -2.16.